The van der Waals surface area contributed by atoms with Crippen LogP contribution in [0.3, 0.4) is 0 Å². The zero-order chi connectivity index (χ0) is 31.3. The van der Waals surface area contributed by atoms with Crippen LogP contribution in [0.5, 0.6) is 34.5 Å². The summed E-state index contributed by atoms with van der Waals surface area (Å²) in [5, 5.41) is -0.268. The van der Waals surface area contributed by atoms with Gasteiger partial charge in [0, 0.05) is 6.07 Å². The molecule has 4 rings (SSSR count). The van der Waals surface area contributed by atoms with Crippen LogP contribution in [0.25, 0.3) is 11.0 Å². The summed E-state index contributed by atoms with van der Waals surface area (Å²) in [5.41, 5.74) is -1.49. The Balaban J connectivity index is 1.67. The van der Waals surface area contributed by atoms with Crippen molar-refractivity contribution < 1.29 is 55.6 Å². The van der Waals surface area contributed by atoms with Crippen molar-refractivity contribution in [1.82, 2.24) is 0 Å². The number of rotatable bonds is 10. The Morgan fingerprint density at radius 2 is 1.42 bits per heavy atom. The Kier molecular flexibility index (Phi) is 9.12. The van der Waals surface area contributed by atoms with Crippen LogP contribution in [-0.2, 0) is 10.9 Å². The number of esters is 2. The largest absolute Gasteiger partial charge is 0.493 e. The average Bonchev–Trinajstić information content (AvgIpc) is 2.99. The number of halogens is 3. The third-order valence-electron chi connectivity index (χ3n) is 5.94. The topological polar surface area (TPSA) is 120 Å². The van der Waals surface area contributed by atoms with Crippen molar-refractivity contribution >= 4 is 22.9 Å². The predicted molar refractivity (Wildman–Crippen MR) is 146 cm³/mol. The summed E-state index contributed by atoms with van der Waals surface area (Å²) >= 11 is 0. The second kappa shape index (κ2) is 12.8. The van der Waals surface area contributed by atoms with Crippen molar-refractivity contribution in [2.45, 2.75) is 19.5 Å². The van der Waals surface area contributed by atoms with Gasteiger partial charge >= 0.3 is 18.1 Å². The van der Waals surface area contributed by atoms with Gasteiger partial charge in [0.15, 0.2) is 11.5 Å². The molecule has 0 atom stereocenters. The van der Waals surface area contributed by atoms with Crippen molar-refractivity contribution in [2.24, 2.45) is 0 Å². The highest BCUT2D eigenvalue weighted by molar-refractivity contribution is 5.93. The van der Waals surface area contributed by atoms with Gasteiger partial charge in [-0.25, -0.2) is 9.59 Å². The molecule has 1 heterocycles. The number of alkyl halides is 3. The van der Waals surface area contributed by atoms with Crippen LogP contribution >= 0.6 is 0 Å². The van der Waals surface area contributed by atoms with Gasteiger partial charge in [-0.3, -0.25) is 4.79 Å². The number of carbonyl (C=O) groups is 2. The lowest BCUT2D eigenvalue weighted by Crippen LogP contribution is -2.16. The Morgan fingerprint density at radius 1 is 0.791 bits per heavy atom. The SMILES string of the molecule is CCCOC(=O)c1ccc(Oc2c(C(F)(F)F)oc3cc(OC(=O)c4cc(OC)c(OC)c(OC)c4)ccc3c2=O)cc1. The molecule has 0 spiro atoms. The minimum Gasteiger partial charge on any atom is -0.493 e. The fraction of sp³-hybridized carbons (Fsp3) is 0.233. The molecule has 0 bridgehead atoms. The molecule has 0 fully saturated rings. The van der Waals surface area contributed by atoms with E-state index in [-0.39, 0.29) is 51.9 Å². The highest BCUT2D eigenvalue weighted by Crippen LogP contribution is 2.40. The summed E-state index contributed by atoms with van der Waals surface area (Å²) in [5.74, 6) is -4.11. The smallest absolute Gasteiger partial charge is 0.453 e. The quantitative estimate of drug-likeness (QED) is 0.149. The number of methoxy groups -OCH3 is 3. The minimum absolute atomic E-state index is 0.0135. The van der Waals surface area contributed by atoms with Crippen LogP contribution in [-0.4, -0.2) is 39.9 Å². The molecule has 43 heavy (non-hydrogen) atoms. The highest BCUT2D eigenvalue weighted by Gasteiger charge is 2.40. The summed E-state index contributed by atoms with van der Waals surface area (Å²) in [6.07, 6.45) is -4.52. The first-order valence-electron chi connectivity index (χ1n) is 12.7. The molecule has 0 saturated heterocycles. The third kappa shape index (κ3) is 6.66. The Bertz CT molecular complexity index is 1680. The zero-order valence-corrected chi connectivity index (χ0v) is 23.3. The van der Waals surface area contributed by atoms with Gasteiger partial charge in [0.2, 0.25) is 16.9 Å². The number of hydrogen-bond donors (Lipinski definition) is 0. The van der Waals surface area contributed by atoms with Crippen LogP contribution in [0, 0.1) is 0 Å². The monoisotopic (exact) mass is 602 g/mol. The molecule has 0 unspecified atom stereocenters. The van der Waals surface area contributed by atoms with Gasteiger partial charge in [-0.05, 0) is 55.0 Å². The van der Waals surface area contributed by atoms with Gasteiger partial charge < -0.3 is 32.8 Å². The standard InChI is InChI=1S/C30H25F3O10/c1-5-12-40-28(35)16-6-8-18(9-7-16)41-26-24(34)20-11-10-19(15-21(20)43-27(26)30(31,32)33)42-29(36)17-13-22(37-2)25(39-4)23(14-17)38-3/h6-11,13-15H,5,12H2,1-4H3. The number of carbonyl (C=O) groups excluding carboxylic acids is 2. The van der Waals surface area contributed by atoms with E-state index in [4.69, 9.17) is 32.8 Å². The first-order chi connectivity index (χ1) is 20.5. The summed E-state index contributed by atoms with van der Waals surface area (Å²) in [4.78, 5) is 38.0. The second-order valence-corrected chi connectivity index (χ2v) is 8.81. The molecule has 4 aromatic rings. The number of ether oxygens (including phenoxy) is 6. The van der Waals surface area contributed by atoms with Crippen LogP contribution in [0.2, 0.25) is 0 Å². The molecule has 0 aliphatic rings. The first kappa shape index (κ1) is 30.8. The molecule has 0 saturated carbocycles. The first-order valence-corrected chi connectivity index (χ1v) is 12.7. The zero-order valence-electron chi connectivity index (χ0n) is 23.3. The van der Waals surface area contributed by atoms with Gasteiger partial charge in [-0.2, -0.15) is 13.2 Å². The maximum absolute atomic E-state index is 14.0. The molecule has 1 aromatic heterocycles. The van der Waals surface area contributed by atoms with Crippen LogP contribution in [0.1, 0.15) is 39.8 Å². The molecule has 0 N–H and O–H groups in total. The van der Waals surface area contributed by atoms with Gasteiger partial charge in [-0.1, -0.05) is 6.92 Å². The summed E-state index contributed by atoms with van der Waals surface area (Å²) < 4.78 is 78.4. The minimum atomic E-state index is -5.13. The van der Waals surface area contributed by atoms with E-state index in [0.29, 0.717) is 6.42 Å². The van der Waals surface area contributed by atoms with Gasteiger partial charge in [0.25, 0.3) is 5.76 Å². The molecule has 226 valence electrons. The summed E-state index contributed by atoms with van der Waals surface area (Å²) in [7, 11) is 4.09. The van der Waals surface area contributed by atoms with E-state index in [0.717, 1.165) is 12.1 Å². The highest BCUT2D eigenvalue weighted by atomic mass is 19.4. The van der Waals surface area contributed by atoms with Crippen molar-refractivity contribution in [3.05, 3.63) is 81.7 Å². The van der Waals surface area contributed by atoms with Crippen molar-refractivity contribution in [3.8, 4) is 34.5 Å². The van der Waals surface area contributed by atoms with Crippen molar-refractivity contribution in [2.75, 3.05) is 27.9 Å². The molecular weight excluding hydrogens is 577 g/mol. The summed E-state index contributed by atoms with van der Waals surface area (Å²) in [6, 6.07) is 11.0. The Hall–Kier alpha value is -5.20. The molecule has 0 radical (unpaired) electrons. The normalized spacial score (nSPS) is 11.1. The third-order valence-corrected chi connectivity index (χ3v) is 5.94. The lowest BCUT2D eigenvalue weighted by molar-refractivity contribution is -0.154. The molecule has 0 aliphatic carbocycles. The molecule has 3 aromatic carbocycles. The van der Waals surface area contributed by atoms with E-state index in [9.17, 15) is 27.6 Å². The predicted octanol–water partition coefficient (Wildman–Crippen LogP) is 6.42. The summed E-state index contributed by atoms with van der Waals surface area (Å²) in [6.45, 7) is 2.03. The fourth-order valence-corrected chi connectivity index (χ4v) is 3.92. The average molecular weight is 603 g/mol. The van der Waals surface area contributed by atoms with Gasteiger partial charge in [0.1, 0.15) is 17.1 Å². The van der Waals surface area contributed by atoms with Crippen molar-refractivity contribution in [1.29, 1.82) is 0 Å². The lowest BCUT2D eigenvalue weighted by atomic mass is 10.1. The van der Waals surface area contributed by atoms with Gasteiger partial charge in [0.05, 0.1) is 44.4 Å². The van der Waals surface area contributed by atoms with E-state index < -0.39 is 40.6 Å². The molecule has 10 nitrogen and oxygen atoms in total. The van der Waals surface area contributed by atoms with Crippen LogP contribution < -0.4 is 29.1 Å². The molecule has 0 amide bonds. The maximum atomic E-state index is 14.0. The molecular formula is C30H25F3O10. The van der Waals surface area contributed by atoms with Gasteiger partial charge in [-0.15, -0.1) is 0 Å². The van der Waals surface area contributed by atoms with E-state index in [2.05, 4.69) is 0 Å². The molecule has 13 heteroatoms. The number of benzene rings is 3. The number of fused-ring (bicyclic) bond motifs is 1. The Morgan fingerprint density at radius 3 is 1.98 bits per heavy atom. The van der Waals surface area contributed by atoms with E-state index in [1.165, 1.54) is 63.8 Å². The number of hydrogen-bond acceptors (Lipinski definition) is 10. The lowest BCUT2D eigenvalue weighted by Gasteiger charge is -2.14. The van der Waals surface area contributed by atoms with E-state index in [1.807, 2.05) is 6.92 Å². The molecule has 0 aliphatic heterocycles. The Labute approximate surface area is 242 Å². The second-order valence-electron chi connectivity index (χ2n) is 8.81. The maximum Gasteiger partial charge on any atom is 0.453 e. The van der Waals surface area contributed by atoms with Crippen LogP contribution in [0.15, 0.2) is 63.8 Å². The van der Waals surface area contributed by atoms with Crippen molar-refractivity contribution in [3.63, 3.8) is 0 Å². The van der Waals surface area contributed by atoms with E-state index in [1.54, 1.807) is 0 Å². The van der Waals surface area contributed by atoms with Crippen LogP contribution in [0.4, 0.5) is 13.2 Å². The fourth-order valence-electron chi connectivity index (χ4n) is 3.92. The van der Waals surface area contributed by atoms with E-state index >= 15 is 0 Å².